The van der Waals surface area contributed by atoms with Crippen LogP contribution in [-0.2, 0) is 0 Å². The van der Waals surface area contributed by atoms with Gasteiger partial charge in [0, 0.05) is 32.4 Å². The van der Waals surface area contributed by atoms with Gasteiger partial charge in [0.15, 0.2) is 0 Å². The molecule has 2 aromatic carbocycles. The third kappa shape index (κ3) is 5.15. The molecule has 0 aliphatic heterocycles. The van der Waals surface area contributed by atoms with Crippen LogP contribution < -0.4 is 10.6 Å². The second-order valence-electron chi connectivity index (χ2n) is 7.56. The lowest BCUT2D eigenvalue weighted by molar-refractivity contribution is 0.102. The van der Waals surface area contributed by atoms with Crippen LogP contribution in [0.5, 0.6) is 0 Å². The normalized spacial score (nSPS) is 11.8. The second-order valence-corrected chi connectivity index (χ2v) is 9.26. The van der Waals surface area contributed by atoms with Gasteiger partial charge in [-0.2, -0.15) is 0 Å². The number of carbonyl (C=O) groups is 1. The smallest absolute Gasteiger partial charge is 0.256 e. The molecule has 0 fully saturated rings. The van der Waals surface area contributed by atoms with E-state index >= 15 is 0 Å². The van der Waals surface area contributed by atoms with Crippen LogP contribution in [0.2, 0.25) is 5.02 Å². The number of aryl methyl sites for hydroxylation is 3. The number of benzene rings is 2. The number of hydrogen-bond acceptors (Lipinski definition) is 5. The molecule has 2 aromatic heterocycles. The maximum atomic E-state index is 12.9. The Morgan fingerprint density at radius 3 is 2.25 bits per heavy atom. The largest absolute Gasteiger partial charge is 0.343 e. The molecule has 0 saturated heterocycles. The average molecular weight is 463 g/mol. The summed E-state index contributed by atoms with van der Waals surface area (Å²) in [5.74, 6) is 0.387. The van der Waals surface area contributed by atoms with Gasteiger partial charge in [-0.1, -0.05) is 41.9 Å². The summed E-state index contributed by atoms with van der Waals surface area (Å²) in [5, 5.41) is 8.01. The van der Waals surface area contributed by atoms with Gasteiger partial charge in [0.25, 0.3) is 5.91 Å². The fraction of sp³-hybridized carbons (Fsp3) is 0.160. The van der Waals surface area contributed by atoms with Crippen molar-refractivity contribution in [2.75, 3.05) is 10.6 Å². The van der Waals surface area contributed by atoms with E-state index in [2.05, 4.69) is 26.7 Å². The first-order valence-corrected chi connectivity index (χ1v) is 11.4. The van der Waals surface area contributed by atoms with Crippen molar-refractivity contribution in [3.63, 3.8) is 0 Å². The molecular formula is C25H23ClN4OS. The molecular weight excluding hydrogens is 440 g/mol. The Morgan fingerprint density at radius 1 is 0.938 bits per heavy atom. The first kappa shape index (κ1) is 22.0. The Balaban J connectivity index is 1.74. The van der Waals surface area contributed by atoms with Crippen molar-refractivity contribution in [3.8, 4) is 0 Å². The number of nitrogens with zero attached hydrogens (tertiary/aromatic N) is 2. The highest BCUT2D eigenvalue weighted by molar-refractivity contribution is 7.16. The van der Waals surface area contributed by atoms with Crippen molar-refractivity contribution in [2.24, 2.45) is 0 Å². The number of halogens is 1. The van der Waals surface area contributed by atoms with Gasteiger partial charge in [0.05, 0.1) is 6.04 Å². The lowest BCUT2D eigenvalue weighted by Crippen LogP contribution is -2.18. The molecule has 2 N–H and O–H groups in total. The van der Waals surface area contributed by atoms with E-state index in [1.165, 1.54) is 0 Å². The van der Waals surface area contributed by atoms with Gasteiger partial charge in [-0.05, 0) is 62.7 Å². The molecule has 7 heteroatoms. The summed E-state index contributed by atoms with van der Waals surface area (Å²) in [7, 11) is 0. The van der Waals surface area contributed by atoms with E-state index in [4.69, 9.17) is 11.6 Å². The van der Waals surface area contributed by atoms with Gasteiger partial charge < -0.3 is 10.6 Å². The van der Waals surface area contributed by atoms with Crippen molar-refractivity contribution in [1.29, 1.82) is 0 Å². The maximum Gasteiger partial charge on any atom is 0.256 e. The van der Waals surface area contributed by atoms with Crippen LogP contribution in [0.15, 0.2) is 66.7 Å². The molecule has 4 aromatic rings. The molecule has 4 rings (SSSR count). The molecule has 0 radical (unpaired) electrons. The summed E-state index contributed by atoms with van der Waals surface area (Å²) in [5.41, 5.74) is 4.31. The number of nitrogens with one attached hydrogen (secondary N) is 2. The summed E-state index contributed by atoms with van der Waals surface area (Å²) in [6.45, 7) is 5.91. The van der Waals surface area contributed by atoms with Crippen LogP contribution in [0.25, 0.3) is 0 Å². The lowest BCUT2D eigenvalue weighted by atomic mass is 10.00. The van der Waals surface area contributed by atoms with Crippen LogP contribution in [-0.4, -0.2) is 15.9 Å². The molecule has 0 aliphatic rings. The van der Waals surface area contributed by atoms with Crippen molar-refractivity contribution < 1.29 is 4.79 Å². The second kappa shape index (κ2) is 9.51. The number of aromatic nitrogens is 2. The van der Waals surface area contributed by atoms with Crippen molar-refractivity contribution in [3.05, 3.63) is 105 Å². The number of rotatable bonds is 6. The minimum absolute atomic E-state index is 0.147. The molecule has 32 heavy (non-hydrogen) atoms. The molecule has 162 valence electrons. The zero-order valence-electron chi connectivity index (χ0n) is 18.0. The Labute approximate surface area is 196 Å². The Morgan fingerprint density at radius 2 is 1.59 bits per heavy atom. The molecule has 1 atom stereocenters. The molecule has 5 nitrogen and oxygen atoms in total. The summed E-state index contributed by atoms with van der Waals surface area (Å²) < 4.78 is 0. The quantitative estimate of drug-likeness (QED) is 0.340. The monoisotopic (exact) mass is 462 g/mol. The van der Waals surface area contributed by atoms with Crippen molar-refractivity contribution in [1.82, 2.24) is 9.97 Å². The lowest BCUT2D eigenvalue weighted by Gasteiger charge is -2.21. The summed E-state index contributed by atoms with van der Waals surface area (Å²) in [4.78, 5) is 23.1. The summed E-state index contributed by atoms with van der Waals surface area (Å²) >= 11 is 7.68. The van der Waals surface area contributed by atoms with E-state index in [0.29, 0.717) is 16.5 Å². The minimum Gasteiger partial charge on any atom is -0.343 e. The first-order chi connectivity index (χ1) is 15.4. The van der Waals surface area contributed by atoms with E-state index in [1.54, 1.807) is 23.5 Å². The van der Waals surface area contributed by atoms with Gasteiger partial charge in [-0.25, -0.2) is 9.97 Å². The fourth-order valence-corrected chi connectivity index (χ4v) is 4.60. The zero-order chi connectivity index (χ0) is 22.7. The summed E-state index contributed by atoms with van der Waals surface area (Å²) in [6.07, 6.45) is 0. The Bertz CT molecular complexity index is 1220. The molecule has 0 saturated carbocycles. The third-order valence-corrected chi connectivity index (χ3v) is 6.15. The highest BCUT2D eigenvalue weighted by Crippen LogP contribution is 2.37. The Kier molecular flexibility index (Phi) is 6.53. The average Bonchev–Trinajstić information content (AvgIpc) is 3.12. The number of carbonyl (C=O) groups excluding carboxylic acids is 1. The molecule has 0 bridgehead atoms. The van der Waals surface area contributed by atoms with Crippen LogP contribution in [0.4, 0.5) is 10.9 Å². The zero-order valence-corrected chi connectivity index (χ0v) is 19.6. The number of thiophene rings is 1. The third-order valence-electron chi connectivity index (χ3n) is 4.92. The van der Waals surface area contributed by atoms with E-state index < -0.39 is 0 Å². The Hall–Kier alpha value is -3.22. The van der Waals surface area contributed by atoms with Crippen molar-refractivity contribution >= 4 is 39.8 Å². The standard InChI is InChI=1S/C25H23ClN4OS/c1-15-13-16(2)28-25(27-15)29-22(18-9-11-20(26)12-10-18)21-14-17(3)32-24(21)30-23(31)19-7-5-4-6-8-19/h4-14,22H,1-3H3,(H,30,31)(H,27,28,29). The predicted octanol–water partition coefficient (Wildman–Crippen LogP) is 6.57. The van der Waals surface area contributed by atoms with Gasteiger partial charge in [0.1, 0.15) is 5.00 Å². The molecule has 0 spiro atoms. The van der Waals surface area contributed by atoms with Crippen LogP contribution in [0, 0.1) is 20.8 Å². The predicted molar refractivity (Wildman–Crippen MR) is 132 cm³/mol. The summed E-state index contributed by atoms with van der Waals surface area (Å²) in [6, 6.07) is 20.6. The van der Waals surface area contributed by atoms with Crippen LogP contribution in [0.1, 0.15) is 43.8 Å². The van der Waals surface area contributed by atoms with Gasteiger partial charge >= 0.3 is 0 Å². The van der Waals surface area contributed by atoms with Gasteiger partial charge in [0.2, 0.25) is 5.95 Å². The molecule has 1 amide bonds. The SMILES string of the molecule is Cc1cc(C)nc(NC(c2ccc(Cl)cc2)c2cc(C)sc2NC(=O)c2ccccc2)n1. The molecule has 1 unspecified atom stereocenters. The van der Waals surface area contributed by atoms with E-state index in [9.17, 15) is 4.79 Å². The van der Waals surface area contributed by atoms with Crippen LogP contribution >= 0.6 is 22.9 Å². The minimum atomic E-state index is -0.274. The van der Waals surface area contributed by atoms with Gasteiger partial charge in [-0.15, -0.1) is 11.3 Å². The van der Waals surface area contributed by atoms with Crippen molar-refractivity contribution in [2.45, 2.75) is 26.8 Å². The molecule has 0 aliphatic carbocycles. The van der Waals surface area contributed by atoms with E-state index in [1.807, 2.05) is 69.3 Å². The highest BCUT2D eigenvalue weighted by atomic mass is 35.5. The number of anilines is 2. The van der Waals surface area contributed by atoms with Crippen LogP contribution in [0.3, 0.4) is 0 Å². The molecule has 2 heterocycles. The maximum absolute atomic E-state index is 12.9. The first-order valence-electron chi connectivity index (χ1n) is 10.2. The fourth-order valence-electron chi connectivity index (χ4n) is 3.53. The van der Waals surface area contributed by atoms with Gasteiger partial charge in [-0.3, -0.25) is 4.79 Å². The van der Waals surface area contributed by atoms with E-state index in [-0.39, 0.29) is 11.9 Å². The number of amides is 1. The highest BCUT2D eigenvalue weighted by Gasteiger charge is 2.23. The van der Waals surface area contributed by atoms with E-state index in [0.717, 1.165) is 32.4 Å². The topological polar surface area (TPSA) is 66.9 Å². The number of hydrogen-bond donors (Lipinski definition) is 2.